The van der Waals surface area contributed by atoms with Crippen molar-refractivity contribution in [3.8, 4) is 18.1 Å². The van der Waals surface area contributed by atoms with Crippen LogP contribution >= 0.6 is 11.8 Å². The fourth-order valence-corrected chi connectivity index (χ4v) is 2.12. The third kappa shape index (κ3) is 7.10. The number of carbonyl (C=O) groups is 1. The summed E-state index contributed by atoms with van der Waals surface area (Å²) in [5.74, 6) is 3.82. The van der Waals surface area contributed by atoms with E-state index in [1.165, 1.54) is 11.8 Å². The zero-order valence-corrected chi connectivity index (χ0v) is 12.8. The maximum atomic E-state index is 11.7. The van der Waals surface area contributed by atoms with Crippen LogP contribution in [0, 0.1) is 18.3 Å². The molecular weight excluding hydrogens is 270 g/mol. The Labute approximate surface area is 125 Å². The summed E-state index contributed by atoms with van der Waals surface area (Å²) >= 11 is 1.17. The molecule has 0 aliphatic carbocycles. The largest absolute Gasteiger partial charge is 0.493 e. The Hall–Kier alpha value is -1.60. The molecule has 0 aliphatic rings. The molecule has 0 heterocycles. The second-order valence-electron chi connectivity index (χ2n) is 4.80. The molecule has 1 aromatic rings. The number of carbonyl (C=O) groups excluding carboxylic acids is 1. The van der Waals surface area contributed by atoms with Gasteiger partial charge >= 0.3 is 0 Å². The van der Waals surface area contributed by atoms with E-state index < -0.39 is 0 Å². The summed E-state index contributed by atoms with van der Waals surface area (Å²) in [7, 11) is 0. The van der Waals surface area contributed by atoms with Crippen LogP contribution in [0.2, 0.25) is 0 Å². The highest BCUT2D eigenvalue weighted by atomic mass is 32.2. The van der Waals surface area contributed by atoms with Crippen molar-refractivity contribution in [2.24, 2.45) is 5.92 Å². The maximum Gasteiger partial charge on any atom is 0.283 e. The van der Waals surface area contributed by atoms with E-state index in [2.05, 4.69) is 25.1 Å². The van der Waals surface area contributed by atoms with Crippen LogP contribution in [0.15, 0.2) is 29.2 Å². The van der Waals surface area contributed by atoms with Crippen molar-refractivity contribution in [1.29, 1.82) is 0 Å². The van der Waals surface area contributed by atoms with Crippen molar-refractivity contribution in [2.75, 3.05) is 13.2 Å². The summed E-state index contributed by atoms with van der Waals surface area (Å²) in [4.78, 5) is 12.6. The average molecular weight is 291 g/mol. The van der Waals surface area contributed by atoms with Crippen molar-refractivity contribution < 1.29 is 9.53 Å². The molecule has 20 heavy (non-hydrogen) atoms. The van der Waals surface area contributed by atoms with Crippen molar-refractivity contribution in [3.63, 3.8) is 0 Å². The van der Waals surface area contributed by atoms with Gasteiger partial charge in [0.05, 0.1) is 6.61 Å². The second-order valence-corrected chi connectivity index (χ2v) is 5.85. The minimum atomic E-state index is -0.0666. The highest BCUT2D eigenvalue weighted by Crippen LogP contribution is 2.23. The fourth-order valence-electron chi connectivity index (χ4n) is 1.41. The van der Waals surface area contributed by atoms with Gasteiger partial charge in [-0.15, -0.1) is 12.3 Å². The summed E-state index contributed by atoms with van der Waals surface area (Å²) in [5, 5.41) is 2.76. The Balaban J connectivity index is 2.41. The monoisotopic (exact) mass is 291 g/mol. The van der Waals surface area contributed by atoms with Crippen LogP contribution in [-0.4, -0.2) is 18.4 Å². The zero-order valence-electron chi connectivity index (χ0n) is 12.0. The van der Waals surface area contributed by atoms with Gasteiger partial charge in [0.2, 0.25) is 0 Å². The van der Waals surface area contributed by atoms with Gasteiger partial charge in [-0.05, 0) is 42.3 Å². The quantitative estimate of drug-likeness (QED) is 0.470. The first-order valence-electron chi connectivity index (χ1n) is 6.74. The molecule has 0 fully saturated rings. The molecular formula is C16H21NO2S. The number of nitrogens with one attached hydrogen (secondary N) is 1. The van der Waals surface area contributed by atoms with Gasteiger partial charge in [0.25, 0.3) is 5.24 Å². The molecule has 0 aromatic heterocycles. The Morgan fingerprint density at radius 3 is 3.00 bits per heavy atom. The topological polar surface area (TPSA) is 38.3 Å². The predicted octanol–water partition coefficient (Wildman–Crippen LogP) is 3.94. The normalized spacial score (nSPS) is 10.1. The van der Waals surface area contributed by atoms with E-state index in [1.807, 2.05) is 24.3 Å². The molecule has 3 nitrogen and oxygen atoms in total. The van der Waals surface area contributed by atoms with E-state index >= 15 is 0 Å². The Morgan fingerprint density at radius 1 is 1.50 bits per heavy atom. The summed E-state index contributed by atoms with van der Waals surface area (Å²) in [6.07, 6.45) is 6.64. The minimum Gasteiger partial charge on any atom is -0.493 e. The van der Waals surface area contributed by atoms with Crippen LogP contribution < -0.4 is 10.1 Å². The second kappa shape index (κ2) is 9.33. The van der Waals surface area contributed by atoms with Gasteiger partial charge in [-0.3, -0.25) is 4.79 Å². The lowest BCUT2D eigenvalue weighted by atomic mass is 10.2. The SMILES string of the molecule is C#CCCCNC(=O)Sc1cccc(OCC(C)C)c1. The summed E-state index contributed by atoms with van der Waals surface area (Å²) in [6, 6.07) is 7.57. The number of amides is 1. The summed E-state index contributed by atoms with van der Waals surface area (Å²) in [5.41, 5.74) is 0. The lowest BCUT2D eigenvalue weighted by Gasteiger charge is -2.09. The van der Waals surface area contributed by atoms with Gasteiger partial charge in [0.15, 0.2) is 0 Å². The zero-order chi connectivity index (χ0) is 14.8. The van der Waals surface area contributed by atoms with E-state index in [4.69, 9.17) is 11.2 Å². The molecule has 0 bridgehead atoms. The molecule has 0 spiro atoms. The third-order valence-corrected chi connectivity index (χ3v) is 3.19. The summed E-state index contributed by atoms with van der Waals surface area (Å²) in [6.45, 7) is 5.48. The summed E-state index contributed by atoms with van der Waals surface area (Å²) < 4.78 is 5.64. The van der Waals surface area contributed by atoms with E-state index in [0.29, 0.717) is 25.5 Å². The molecule has 4 heteroatoms. The van der Waals surface area contributed by atoms with Crippen LogP contribution in [-0.2, 0) is 0 Å². The smallest absolute Gasteiger partial charge is 0.283 e. The molecule has 108 valence electrons. The minimum absolute atomic E-state index is 0.0666. The van der Waals surface area contributed by atoms with Crippen LogP contribution in [0.5, 0.6) is 5.75 Å². The first kappa shape index (κ1) is 16.5. The Bertz CT molecular complexity index is 466. The fraction of sp³-hybridized carbons (Fsp3) is 0.438. The van der Waals surface area contributed by atoms with Crippen LogP contribution in [0.3, 0.4) is 0 Å². The Morgan fingerprint density at radius 2 is 2.30 bits per heavy atom. The number of unbranched alkanes of at least 4 members (excludes halogenated alkanes) is 1. The number of hydrogen-bond acceptors (Lipinski definition) is 3. The molecule has 0 aliphatic heterocycles. The van der Waals surface area contributed by atoms with Gasteiger partial charge in [0, 0.05) is 17.9 Å². The molecule has 0 saturated heterocycles. The highest BCUT2D eigenvalue weighted by Gasteiger charge is 2.05. The van der Waals surface area contributed by atoms with E-state index in [-0.39, 0.29) is 5.24 Å². The first-order valence-corrected chi connectivity index (χ1v) is 7.55. The molecule has 0 atom stereocenters. The number of thioether (sulfide) groups is 1. The van der Waals surface area contributed by atoms with E-state index in [1.54, 1.807) is 0 Å². The van der Waals surface area contributed by atoms with Crippen molar-refractivity contribution in [2.45, 2.75) is 31.6 Å². The number of ether oxygens (including phenoxy) is 1. The molecule has 1 rings (SSSR count). The van der Waals surface area contributed by atoms with Crippen LogP contribution in [0.25, 0.3) is 0 Å². The van der Waals surface area contributed by atoms with Gasteiger partial charge < -0.3 is 10.1 Å². The highest BCUT2D eigenvalue weighted by molar-refractivity contribution is 8.13. The molecule has 1 N–H and O–H groups in total. The first-order chi connectivity index (χ1) is 9.61. The molecule has 0 saturated carbocycles. The lowest BCUT2D eigenvalue weighted by Crippen LogP contribution is -2.19. The number of rotatable bonds is 7. The average Bonchev–Trinajstić information content (AvgIpc) is 2.42. The Kier molecular flexibility index (Phi) is 7.67. The number of terminal acetylenes is 1. The standard InChI is InChI=1S/C16H21NO2S/c1-4-5-6-10-17-16(18)20-15-9-7-8-14(11-15)19-12-13(2)3/h1,7-9,11,13H,5-6,10,12H2,2-3H3,(H,17,18). The lowest BCUT2D eigenvalue weighted by molar-refractivity contribution is 0.260. The maximum absolute atomic E-state index is 11.7. The number of benzene rings is 1. The molecule has 0 unspecified atom stereocenters. The molecule has 1 amide bonds. The van der Waals surface area contributed by atoms with Gasteiger partial charge in [-0.1, -0.05) is 19.9 Å². The third-order valence-electron chi connectivity index (χ3n) is 2.37. The van der Waals surface area contributed by atoms with Gasteiger partial charge in [-0.25, -0.2) is 0 Å². The van der Waals surface area contributed by atoms with E-state index in [9.17, 15) is 4.79 Å². The van der Waals surface area contributed by atoms with Crippen LogP contribution in [0.4, 0.5) is 4.79 Å². The van der Waals surface area contributed by atoms with E-state index in [0.717, 1.165) is 17.1 Å². The predicted molar refractivity (Wildman–Crippen MR) is 84.1 cm³/mol. The van der Waals surface area contributed by atoms with Crippen LogP contribution in [0.1, 0.15) is 26.7 Å². The van der Waals surface area contributed by atoms with Gasteiger partial charge in [0.1, 0.15) is 5.75 Å². The van der Waals surface area contributed by atoms with Crippen molar-refractivity contribution in [1.82, 2.24) is 5.32 Å². The molecule has 1 aromatic carbocycles. The van der Waals surface area contributed by atoms with Crippen molar-refractivity contribution in [3.05, 3.63) is 24.3 Å². The molecule has 0 radical (unpaired) electrons. The van der Waals surface area contributed by atoms with Gasteiger partial charge in [-0.2, -0.15) is 0 Å². The van der Waals surface area contributed by atoms with Crippen molar-refractivity contribution >= 4 is 17.0 Å². The number of hydrogen-bond donors (Lipinski definition) is 1.